The lowest BCUT2D eigenvalue weighted by Gasteiger charge is -2.21. The van der Waals surface area contributed by atoms with Crippen LogP contribution in [0.5, 0.6) is 0 Å². The number of carbonyl (C=O) groups excluding carboxylic acids is 1. The number of aromatic nitrogens is 2. The maximum Gasteiger partial charge on any atom is 0.221 e. The second-order valence-electron chi connectivity index (χ2n) is 4.77. The summed E-state index contributed by atoms with van der Waals surface area (Å²) in [6.45, 7) is 2.21. The molecule has 1 amide bonds. The van der Waals surface area contributed by atoms with Gasteiger partial charge in [-0.15, -0.1) is 0 Å². The van der Waals surface area contributed by atoms with Crippen molar-refractivity contribution in [1.29, 1.82) is 0 Å². The molecule has 0 spiro atoms. The Labute approximate surface area is 114 Å². The van der Waals surface area contributed by atoms with Gasteiger partial charge in [0.25, 0.3) is 0 Å². The highest BCUT2D eigenvalue weighted by Gasteiger charge is 2.28. The smallest absolute Gasteiger partial charge is 0.221 e. The molecule has 1 saturated heterocycles. The molecular formula is C12H15BrN4O. The van der Waals surface area contributed by atoms with Crippen LogP contribution in [0.2, 0.25) is 0 Å². The molecule has 0 bridgehead atoms. The van der Waals surface area contributed by atoms with E-state index in [9.17, 15) is 4.79 Å². The van der Waals surface area contributed by atoms with Crippen molar-refractivity contribution in [3.63, 3.8) is 0 Å². The number of rotatable bonds is 2. The van der Waals surface area contributed by atoms with E-state index in [4.69, 9.17) is 0 Å². The van der Waals surface area contributed by atoms with Crippen LogP contribution in [0.15, 0.2) is 10.7 Å². The Balaban J connectivity index is 1.83. The van der Waals surface area contributed by atoms with Crippen molar-refractivity contribution in [2.45, 2.75) is 25.2 Å². The zero-order valence-corrected chi connectivity index (χ0v) is 11.6. The van der Waals surface area contributed by atoms with Gasteiger partial charge in [-0.1, -0.05) is 0 Å². The van der Waals surface area contributed by atoms with E-state index in [0.29, 0.717) is 18.9 Å². The van der Waals surface area contributed by atoms with Gasteiger partial charge >= 0.3 is 0 Å². The molecule has 0 atom stereocenters. The van der Waals surface area contributed by atoms with Gasteiger partial charge in [-0.2, -0.15) is 0 Å². The summed E-state index contributed by atoms with van der Waals surface area (Å²) in [5.74, 6) is 2.51. The number of hydrogen-bond donors (Lipinski definition) is 1. The molecule has 3 rings (SSSR count). The second-order valence-corrected chi connectivity index (χ2v) is 5.58. The molecule has 1 aromatic heterocycles. The van der Waals surface area contributed by atoms with Crippen LogP contribution in [0.3, 0.4) is 0 Å². The predicted molar refractivity (Wildman–Crippen MR) is 71.5 cm³/mol. The molecule has 1 aliphatic heterocycles. The molecule has 2 aliphatic rings. The number of carbonyl (C=O) groups is 1. The molecule has 5 nitrogen and oxygen atoms in total. The molecule has 1 aromatic rings. The van der Waals surface area contributed by atoms with Crippen LogP contribution in [0.25, 0.3) is 0 Å². The summed E-state index contributed by atoms with van der Waals surface area (Å²) in [6, 6.07) is 1.93. The Kier molecular flexibility index (Phi) is 3.20. The summed E-state index contributed by atoms with van der Waals surface area (Å²) >= 11 is 3.45. The summed E-state index contributed by atoms with van der Waals surface area (Å²) in [5.41, 5.74) is 0. The molecule has 96 valence electrons. The van der Waals surface area contributed by atoms with Crippen molar-refractivity contribution in [3.8, 4) is 0 Å². The quantitative estimate of drug-likeness (QED) is 0.840. The summed E-state index contributed by atoms with van der Waals surface area (Å²) in [6.07, 6.45) is 2.91. The van der Waals surface area contributed by atoms with Crippen LogP contribution in [0, 0.1) is 0 Å². The molecule has 6 heteroatoms. The maximum atomic E-state index is 11.3. The number of nitrogens with one attached hydrogen (secondary N) is 1. The minimum absolute atomic E-state index is 0.119. The van der Waals surface area contributed by atoms with E-state index in [-0.39, 0.29) is 5.91 Å². The van der Waals surface area contributed by atoms with Gasteiger partial charge in [0.1, 0.15) is 16.2 Å². The molecular weight excluding hydrogens is 296 g/mol. The first-order chi connectivity index (χ1) is 8.72. The average Bonchev–Trinajstić information content (AvgIpc) is 3.15. The molecule has 1 saturated carbocycles. The first-order valence-corrected chi connectivity index (χ1v) is 7.08. The van der Waals surface area contributed by atoms with Gasteiger partial charge in [0.05, 0.1) is 0 Å². The van der Waals surface area contributed by atoms with Crippen LogP contribution in [-0.2, 0) is 4.79 Å². The summed E-state index contributed by atoms with van der Waals surface area (Å²) in [5, 5.41) is 2.87. The SMILES string of the molecule is O=C1CCN(c2cc(Br)nc(C3CC3)n2)CCN1. The highest BCUT2D eigenvalue weighted by atomic mass is 79.9. The zero-order chi connectivity index (χ0) is 12.5. The van der Waals surface area contributed by atoms with Crippen molar-refractivity contribution in [1.82, 2.24) is 15.3 Å². The highest BCUT2D eigenvalue weighted by molar-refractivity contribution is 9.10. The fourth-order valence-corrected chi connectivity index (χ4v) is 2.49. The van der Waals surface area contributed by atoms with Crippen molar-refractivity contribution in [3.05, 3.63) is 16.5 Å². The lowest BCUT2D eigenvalue weighted by Crippen LogP contribution is -2.29. The molecule has 0 radical (unpaired) electrons. The number of hydrogen-bond acceptors (Lipinski definition) is 4. The minimum atomic E-state index is 0.119. The molecule has 18 heavy (non-hydrogen) atoms. The third-order valence-corrected chi connectivity index (χ3v) is 3.68. The lowest BCUT2D eigenvalue weighted by molar-refractivity contribution is -0.120. The van der Waals surface area contributed by atoms with E-state index in [2.05, 4.69) is 36.1 Å². The Bertz CT molecular complexity index is 475. The summed E-state index contributed by atoms with van der Waals surface area (Å²) in [4.78, 5) is 22.5. The molecule has 1 aliphatic carbocycles. The average molecular weight is 311 g/mol. The fraction of sp³-hybridized carbons (Fsp3) is 0.583. The predicted octanol–water partition coefficient (Wildman–Crippen LogP) is 1.44. The minimum Gasteiger partial charge on any atom is -0.354 e. The molecule has 0 aromatic carbocycles. The van der Waals surface area contributed by atoms with Gasteiger partial charge in [0.2, 0.25) is 5.91 Å². The van der Waals surface area contributed by atoms with E-state index in [1.807, 2.05) is 6.07 Å². The molecule has 1 N–H and O–H groups in total. The Morgan fingerprint density at radius 3 is 2.94 bits per heavy atom. The largest absolute Gasteiger partial charge is 0.354 e. The molecule has 2 fully saturated rings. The van der Waals surface area contributed by atoms with E-state index < -0.39 is 0 Å². The first-order valence-electron chi connectivity index (χ1n) is 6.28. The Morgan fingerprint density at radius 2 is 2.17 bits per heavy atom. The maximum absolute atomic E-state index is 11.3. The summed E-state index contributed by atoms with van der Waals surface area (Å²) in [7, 11) is 0. The van der Waals surface area contributed by atoms with Crippen LogP contribution in [0.4, 0.5) is 5.82 Å². The number of anilines is 1. The van der Waals surface area contributed by atoms with Gasteiger partial charge in [-0.25, -0.2) is 9.97 Å². The second kappa shape index (κ2) is 4.84. The van der Waals surface area contributed by atoms with Gasteiger partial charge in [-0.05, 0) is 28.8 Å². The molecule has 2 heterocycles. The topological polar surface area (TPSA) is 58.1 Å². The highest BCUT2D eigenvalue weighted by Crippen LogP contribution is 2.39. The van der Waals surface area contributed by atoms with E-state index in [1.54, 1.807) is 0 Å². The van der Waals surface area contributed by atoms with E-state index >= 15 is 0 Å². The third kappa shape index (κ3) is 2.63. The van der Waals surface area contributed by atoms with Gasteiger partial charge in [0, 0.05) is 38.0 Å². The fourth-order valence-electron chi connectivity index (χ4n) is 2.11. The number of amides is 1. The lowest BCUT2D eigenvalue weighted by atomic mass is 10.3. The van der Waals surface area contributed by atoms with E-state index in [1.165, 1.54) is 12.8 Å². The van der Waals surface area contributed by atoms with Crippen molar-refractivity contribution in [2.24, 2.45) is 0 Å². The zero-order valence-electron chi connectivity index (χ0n) is 10.0. The van der Waals surface area contributed by atoms with Crippen LogP contribution >= 0.6 is 15.9 Å². The number of nitrogens with zero attached hydrogens (tertiary/aromatic N) is 3. The Hall–Kier alpha value is -1.17. The van der Waals surface area contributed by atoms with Gasteiger partial charge in [-0.3, -0.25) is 4.79 Å². The van der Waals surface area contributed by atoms with Crippen molar-refractivity contribution >= 4 is 27.7 Å². The van der Waals surface area contributed by atoms with Crippen LogP contribution < -0.4 is 10.2 Å². The summed E-state index contributed by atoms with van der Waals surface area (Å²) < 4.78 is 0.831. The third-order valence-electron chi connectivity index (χ3n) is 3.28. The van der Waals surface area contributed by atoms with Crippen LogP contribution in [-0.4, -0.2) is 35.5 Å². The normalized spacial score (nSPS) is 20.5. The van der Waals surface area contributed by atoms with Crippen LogP contribution in [0.1, 0.15) is 31.0 Å². The van der Waals surface area contributed by atoms with Crippen molar-refractivity contribution in [2.75, 3.05) is 24.5 Å². The van der Waals surface area contributed by atoms with E-state index in [0.717, 1.165) is 29.3 Å². The monoisotopic (exact) mass is 310 g/mol. The van der Waals surface area contributed by atoms with Gasteiger partial charge < -0.3 is 10.2 Å². The first kappa shape index (κ1) is 11.9. The van der Waals surface area contributed by atoms with Crippen molar-refractivity contribution < 1.29 is 4.79 Å². The standard InChI is InChI=1S/C12H15BrN4O/c13-9-7-10(16-12(15-9)8-1-2-8)17-5-3-11(18)14-4-6-17/h7-8H,1-6H2,(H,14,18). The Morgan fingerprint density at radius 1 is 1.33 bits per heavy atom. The molecule has 0 unspecified atom stereocenters. The number of halogens is 1. The van der Waals surface area contributed by atoms with Gasteiger partial charge in [0.15, 0.2) is 0 Å².